The largest absolute Gasteiger partial charge is 0.355 e. The van der Waals surface area contributed by atoms with Crippen LogP contribution in [0.4, 0.5) is 0 Å². The third kappa shape index (κ3) is 4.14. The summed E-state index contributed by atoms with van der Waals surface area (Å²) in [4.78, 5) is 17.5. The van der Waals surface area contributed by atoms with Crippen LogP contribution in [0.2, 0.25) is 0 Å². The molecule has 1 N–H and O–H groups in total. The fourth-order valence-corrected chi connectivity index (χ4v) is 5.06. The fourth-order valence-electron chi connectivity index (χ4n) is 5.06. The third-order valence-corrected chi connectivity index (χ3v) is 6.57. The number of fused-ring (bicyclic) bond motifs is 1. The Hall–Kier alpha value is -1.59. The zero-order chi connectivity index (χ0) is 18.6. The Bertz CT molecular complexity index is 767. The summed E-state index contributed by atoms with van der Waals surface area (Å²) < 4.78 is 2.30. The Morgan fingerprint density at radius 3 is 2.56 bits per heavy atom. The van der Waals surface area contributed by atoms with Gasteiger partial charge >= 0.3 is 0 Å². The number of carbonyl (C=O) groups excluding carboxylic acids is 1. The average Bonchev–Trinajstić information content (AvgIpc) is 3.37. The molecule has 148 valence electrons. The Labute approximate surface area is 162 Å². The predicted molar refractivity (Wildman–Crippen MR) is 110 cm³/mol. The molecular formula is C22H34N4O. The molecule has 1 aromatic heterocycles. The number of carbonyl (C=O) groups is 1. The maximum atomic E-state index is 12.2. The second-order valence-electron chi connectivity index (χ2n) is 8.27. The Kier molecular flexibility index (Phi) is 5.98. The van der Waals surface area contributed by atoms with Crippen LogP contribution in [-0.4, -0.2) is 66.1 Å². The Morgan fingerprint density at radius 2 is 1.81 bits per heavy atom. The van der Waals surface area contributed by atoms with E-state index in [0.29, 0.717) is 0 Å². The van der Waals surface area contributed by atoms with E-state index in [9.17, 15) is 4.79 Å². The number of likely N-dealkylation sites (tertiary alicyclic amines) is 2. The van der Waals surface area contributed by atoms with Crippen LogP contribution in [0, 0.1) is 0 Å². The standard InChI is InChI=1S/C22H34N4O/c1-23-22(27)20-17-26(21-8-3-2-7-19(20)21)14-6-11-24-15-9-18(10-16-24)25-12-4-5-13-25/h7-8,17-18H,2-6,9-16H2,1H3,(H,23,27). The van der Waals surface area contributed by atoms with Crippen molar-refractivity contribution < 1.29 is 4.79 Å². The van der Waals surface area contributed by atoms with Gasteiger partial charge in [-0.25, -0.2) is 0 Å². The van der Waals surface area contributed by atoms with Crippen molar-refractivity contribution in [1.82, 2.24) is 19.7 Å². The molecule has 5 heteroatoms. The van der Waals surface area contributed by atoms with Gasteiger partial charge in [0.2, 0.25) is 0 Å². The minimum atomic E-state index is 0.0283. The van der Waals surface area contributed by atoms with Crippen molar-refractivity contribution in [2.45, 2.75) is 57.5 Å². The SMILES string of the molecule is CNC(=O)c1cn(CCCN2CCC(N3CCCC3)CC2)c2c1=CCCC=2. The maximum absolute atomic E-state index is 12.2. The van der Waals surface area contributed by atoms with Crippen LogP contribution in [0.3, 0.4) is 0 Å². The molecule has 1 amide bonds. The minimum absolute atomic E-state index is 0.0283. The van der Waals surface area contributed by atoms with Crippen LogP contribution >= 0.6 is 0 Å². The minimum Gasteiger partial charge on any atom is -0.355 e. The van der Waals surface area contributed by atoms with E-state index < -0.39 is 0 Å². The highest BCUT2D eigenvalue weighted by atomic mass is 16.1. The molecule has 2 saturated heterocycles. The lowest BCUT2D eigenvalue weighted by Gasteiger charge is -2.36. The average molecular weight is 371 g/mol. The fraction of sp³-hybridized carbons (Fsp3) is 0.682. The van der Waals surface area contributed by atoms with Crippen LogP contribution in [0.15, 0.2) is 6.20 Å². The molecule has 0 radical (unpaired) electrons. The highest BCUT2D eigenvalue weighted by Gasteiger charge is 2.26. The predicted octanol–water partition coefficient (Wildman–Crippen LogP) is 1.15. The number of piperidine rings is 1. The molecule has 2 aliphatic heterocycles. The molecule has 0 saturated carbocycles. The second-order valence-corrected chi connectivity index (χ2v) is 8.27. The Balaban J connectivity index is 1.31. The number of nitrogens with one attached hydrogen (secondary N) is 1. The van der Waals surface area contributed by atoms with E-state index in [1.165, 1.54) is 63.8 Å². The zero-order valence-corrected chi connectivity index (χ0v) is 16.8. The van der Waals surface area contributed by atoms with Gasteiger partial charge in [-0.15, -0.1) is 0 Å². The Morgan fingerprint density at radius 1 is 1.07 bits per heavy atom. The van der Waals surface area contributed by atoms with Gasteiger partial charge in [-0.05, 0) is 77.7 Å². The normalized spacial score (nSPS) is 21.5. The first-order valence-corrected chi connectivity index (χ1v) is 10.8. The lowest BCUT2D eigenvalue weighted by atomic mass is 10.0. The van der Waals surface area contributed by atoms with Crippen molar-refractivity contribution in [3.63, 3.8) is 0 Å². The highest BCUT2D eigenvalue weighted by Crippen LogP contribution is 2.21. The van der Waals surface area contributed by atoms with Gasteiger partial charge in [-0.1, -0.05) is 12.2 Å². The van der Waals surface area contributed by atoms with Gasteiger partial charge in [-0.3, -0.25) is 4.79 Å². The van der Waals surface area contributed by atoms with Crippen LogP contribution < -0.4 is 15.9 Å². The quantitative estimate of drug-likeness (QED) is 0.817. The second kappa shape index (κ2) is 8.61. The molecule has 1 aliphatic carbocycles. The van der Waals surface area contributed by atoms with E-state index in [-0.39, 0.29) is 5.91 Å². The molecule has 27 heavy (non-hydrogen) atoms. The molecular weight excluding hydrogens is 336 g/mol. The number of amides is 1. The highest BCUT2D eigenvalue weighted by molar-refractivity contribution is 5.94. The van der Waals surface area contributed by atoms with Crippen LogP contribution in [0.25, 0.3) is 12.2 Å². The molecule has 0 spiro atoms. The van der Waals surface area contributed by atoms with Gasteiger partial charge in [0.25, 0.3) is 5.91 Å². The summed E-state index contributed by atoms with van der Waals surface area (Å²) in [7, 11) is 1.71. The van der Waals surface area contributed by atoms with E-state index in [1.807, 2.05) is 0 Å². The number of rotatable bonds is 6. The monoisotopic (exact) mass is 370 g/mol. The van der Waals surface area contributed by atoms with Gasteiger partial charge in [0.15, 0.2) is 0 Å². The van der Waals surface area contributed by atoms with Crippen molar-refractivity contribution in [3.05, 3.63) is 22.3 Å². The molecule has 0 unspecified atom stereocenters. The van der Waals surface area contributed by atoms with E-state index in [1.54, 1.807) is 7.05 Å². The lowest BCUT2D eigenvalue weighted by molar-refractivity contribution is 0.0962. The summed E-state index contributed by atoms with van der Waals surface area (Å²) in [6.45, 7) is 7.30. The van der Waals surface area contributed by atoms with Gasteiger partial charge in [0.05, 0.1) is 5.56 Å². The first kappa shape index (κ1) is 18.8. The van der Waals surface area contributed by atoms with E-state index in [4.69, 9.17) is 0 Å². The number of hydrogen-bond acceptors (Lipinski definition) is 3. The topological polar surface area (TPSA) is 40.5 Å². The molecule has 3 aliphatic rings. The van der Waals surface area contributed by atoms with Crippen molar-refractivity contribution in [3.8, 4) is 0 Å². The molecule has 0 atom stereocenters. The number of aryl methyl sites for hydroxylation is 1. The molecule has 1 aromatic rings. The van der Waals surface area contributed by atoms with Crippen molar-refractivity contribution in [1.29, 1.82) is 0 Å². The molecule has 0 bridgehead atoms. The summed E-state index contributed by atoms with van der Waals surface area (Å²) in [6, 6.07) is 0.834. The number of aromatic nitrogens is 1. The van der Waals surface area contributed by atoms with Gasteiger partial charge in [0.1, 0.15) is 0 Å². The number of hydrogen-bond donors (Lipinski definition) is 1. The van der Waals surface area contributed by atoms with Crippen molar-refractivity contribution in [2.75, 3.05) is 39.8 Å². The molecule has 2 fully saturated rings. The first-order chi connectivity index (χ1) is 13.3. The van der Waals surface area contributed by atoms with Crippen LogP contribution in [0.5, 0.6) is 0 Å². The lowest BCUT2D eigenvalue weighted by Crippen LogP contribution is -2.44. The maximum Gasteiger partial charge on any atom is 0.253 e. The molecule has 4 rings (SSSR count). The zero-order valence-electron chi connectivity index (χ0n) is 16.8. The van der Waals surface area contributed by atoms with Crippen LogP contribution in [0.1, 0.15) is 55.3 Å². The van der Waals surface area contributed by atoms with E-state index in [0.717, 1.165) is 42.6 Å². The van der Waals surface area contributed by atoms with E-state index >= 15 is 0 Å². The molecule has 5 nitrogen and oxygen atoms in total. The van der Waals surface area contributed by atoms with Crippen LogP contribution in [-0.2, 0) is 6.54 Å². The molecule has 0 aromatic carbocycles. The molecule has 3 heterocycles. The van der Waals surface area contributed by atoms with Gasteiger partial charge < -0.3 is 19.7 Å². The first-order valence-electron chi connectivity index (χ1n) is 10.8. The summed E-state index contributed by atoms with van der Waals surface area (Å²) in [6.07, 6.45) is 15.3. The summed E-state index contributed by atoms with van der Waals surface area (Å²) >= 11 is 0. The summed E-state index contributed by atoms with van der Waals surface area (Å²) in [5.74, 6) is 0.0283. The third-order valence-electron chi connectivity index (χ3n) is 6.57. The summed E-state index contributed by atoms with van der Waals surface area (Å²) in [5, 5.41) is 5.16. The van der Waals surface area contributed by atoms with Gasteiger partial charge in [-0.2, -0.15) is 0 Å². The van der Waals surface area contributed by atoms with Gasteiger partial charge in [0, 0.05) is 36.4 Å². The van der Waals surface area contributed by atoms with Crippen molar-refractivity contribution >= 4 is 18.1 Å². The summed E-state index contributed by atoms with van der Waals surface area (Å²) in [5.41, 5.74) is 0.829. The smallest absolute Gasteiger partial charge is 0.253 e. The van der Waals surface area contributed by atoms with E-state index in [2.05, 4.69) is 38.0 Å². The van der Waals surface area contributed by atoms with Crippen molar-refractivity contribution in [2.24, 2.45) is 0 Å². The number of nitrogens with zero attached hydrogens (tertiary/aromatic N) is 3.